The van der Waals surface area contributed by atoms with Gasteiger partial charge in [0.15, 0.2) is 0 Å². The third-order valence-corrected chi connectivity index (χ3v) is 5.01. The molecule has 2 aromatic rings. The van der Waals surface area contributed by atoms with Crippen LogP contribution in [0.2, 0.25) is 0 Å². The van der Waals surface area contributed by atoms with E-state index in [1.807, 2.05) is 20.0 Å². The smallest absolute Gasteiger partial charge is 0.224 e. The number of rotatable bonds is 7. The predicted molar refractivity (Wildman–Crippen MR) is 113 cm³/mol. The first-order valence-electron chi connectivity index (χ1n) is 10.1. The lowest BCUT2D eigenvalue weighted by molar-refractivity contribution is 0.208. The molecule has 5 nitrogen and oxygen atoms in total. The van der Waals surface area contributed by atoms with E-state index in [-0.39, 0.29) is 0 Å². The summed E-state index contributed by atoms with van der Waals surface area (Å²) in [5.41, 5.74) is 3.82. The fraction of sp³-hybridized carbons (Fsp3) is 0.545. The maximum atomic E-state index is 4.54. The van der Waals surface area contributed by atoms with E-state index in [1.165, 1.54) is 24.0 Å². The summed E-state index contributed by atoms with van der Waals surface area (Å²) in [6, 6.07) is 11.6. The minimum Gasteiger partial charge on any atom is -0.366 e. The lowest BCUT2D eigenvalue weighted by Gasteiger charge is -2.33. The van der Waals surface area contributed by atoms with Crippen molar-refractivity contribution in [1.29, 1.82) is 0 Å². The number of benzene rings is 1. The number of aryl methyl sites for hydroxylation is 1. The van der Waals surface area contributed by atoms with Crippen LogP contribution in [-0.4, -0.2) is 41.0 Å². The number of anilines is 2. The van der Waals surface area contributed by atoms with Crippen LogP contribution < -0.4 is 10.6 Å². The van der Waals surface area contributed by atoms with Crippen molar-refractivity contribution < 1.29 is 0 Å². The van der Waals surface area contributed by atoms with E-state index in [0.717, 1.165) is 37.6 Å². The van der Waals surface area contributed by atoms with Gasteiger partial charge in [-0.2, -0.15) is 4.98 Å². The molecule has 1 aliphatic rings. The Hall–Kier alpha value is -2.14. The molecule has 2 heterocycles. The zero-order chi connectivity index (χ0) is 19.2. The molecular weight excluding hydrogens is 334 g/mol. The summed E-state index contributed by atoms with van der Waals surface area (Å²) < 4.78 is 0. The molecule has 2 N–H and O–H groups in total. The summed E-state index contributed by atoms with van der Waals surface area (Å²) in [4.78, 5) is 11.5. The van der Waals surface area contributed by atoms with Crippen LogP contribution in [0, 0.1) is 12.8 Å². The lowest BCUT2D eigenvalue weighted by atomic mass is 10.0. The molecular formula is C22H33N5. The minimum atomic E-state index is 0.429. The normalized spacial score (nSPS) is 17.9. The maximum absolute atomic E-state index is 4.54. The van der Waals surface area contributed by atoms with Gasteiger partial charge in [0, 0.05) is 37.9 Å². The van der Waals surface area contributed by atoms with Gasteiger partial charge in [0.1, 0.15) is 5.82 Å². The Morgan fingerprint density at radius 2 is 1.89 bits per heavy atom. The van der Waals surface area contributed by atoms with Crippen LogP contribution in [0.1, 0.15) is 43.5 Å². The Morgan fingerprint density at radius 3 is 2.59 bits per heavy atom. The third-order valence-electron chi connectivity index (χ3n) is 5.01. The highest BCUT2D eigenvalue weighted by Crippen LogP contribution is 2.19. The first-order valence-corrected chi connectivity index (χ1v) is 10.1. The van der Waals surface area contributed by atoms with Gasteiger partial charge in [0.25, 0.3) is 0 Å². The van der Waals surface area contributed by atoms with Gasteiger partial charge in [0.2, 0.25) is 5.95 Å². The zero-order valence-corrected chi connectivity index (χ0v) is 17.1. The van der Waals surface area contributed by atoms with Crippen LogP contribution in [0.5, 0.6) is 0 Å². The number of nitrogens with one attached hydrogen (secondary N) is 2. The van der Waals surface area contributed by atoms with Crippen molar-refractivity contribution >= 4 is 11.8 Å². The van der Waals surface area contributed by atoms with Gasteiger partial charge in [-0.1, -0.05) is 38.1 Å². The van der Waals surface area contributed by atoms with Gasteiger partial charge in [0.05, 0.1) is 0 Å². The molecule has 0 aliphatic carbocycles. The standard InChI is InChI=1S/C22H33N5/c1-16(2)12-18-7-9-19(10-8-18)14-27-11-5-6-20(15-27)25-21-13-17(3)24-22(23-4)26-21/h7-10,13,16,20H,5-6,11-12,14-15H2,1-4H3,(H2,23,24,25,26)/t20-/m0/s1. The molecule has 1 aromatic heterocycles. The fourth-order valence-corrected chi connectivity index (χ4v) is 3.79. The fourth-order valence-electron chi connectivity index (χ4n) is 3.79. The number of aromatic nitrogens is 2. The third kappa shape index (κ3) is 5.93. The van der Waals surface area contributed by atoms with E-state index in [4.69, 9.17) is 0 Å². The second-order valence-corrected chi connectivity index (χ2v) is 8.10. The van der Waals surface area contributed by atoms with Crippen LogP contribution in [0.4, 0.5) is 11.8 Å². The van der Waals surface area contributed by atoms with E-state index in [9.17, 15) is 0 Å². The van der Waals surface area contributed by atoms with Gasteiger partial charge < -0.3 is 10.6 Å². The SMILES string of the molecule is CNc1nc(C)cc(N[C@H]2CCCN(Cc3ccc(CC(C)C)cc3)C2)n1. The summed E-state index contributed by atoms with van der Waals surface area (Å²) in [6.45, 7) is 9.78. The first-order chi connectivity index (χ1) is 13.0. The largest absolute Gasteiger partial charge is 0.366 e. The van der Waals surface area contributed by atoms with E-state index < -0.39 is 0 Å². The van der Waals surface area contributed by atoms with Crippen molar-refractivity contribution in [1.82, 2.24) is 14.9 Å². The van der Waals surface area contributed by atoms with E-state index in [1.54, 1.807) is 0 Å². The number of hydrogen-bond acceptors (Lipinski definition) is 5. The molecule has 0 amide bonds. The van der Waals surface area contributed by atoms with Crippen molar-refractivity contribution in [2.75, 3.05) is 30.8 Å². The van der Waals surface area contributed by atoms with Crippen LogP contribution in [0.3, 0.4) is 0 Å². The topological polar surface area (TPSA) is 53.1 Å². The van der Waals surface area contributed by atoms with Gasteiger partial charge in [-0.05, 0) is 49.8 Å². The zero-order valence-electron chi connectivity index (χ0n) is 17.1. The monoisotopic (exact) mass is 367 g/mol. The Kier molecular flexibility index (Phi) is 6.67. The average Bonchev–Trinajstić information content (AvgIpc) is 2.63. The second-order valence-electron chi connectivity index (χ2n) is 8.10. The van der Waals surface area contributed by atoms with Crippen LogP contribution in [-0.2, 0) is 13.0 Å². The van der Waals surface area contributed by atoms with Crippen molar-refractivity contribution in [2.24, 2.45) is 5.92 Å². The Bertz CT molecular complexity index is 726. The molecule has 3 rings (SSSR count). The maximum Gasteiger partial charge on any atom is 0.224 e. The molecule has 1 atom stereocenters. The molecule has 0 radical (unpaired) electrons. The van der Waals surface area contributed by atoms with Gasteiger partial charge >= 0.3 is 0 Å². The molecule has 0 unspecified atom stereocenters. The van der Waals surface area contributed by atoms with Crippen molar-refractivity contribution in [3.8, 4) is 0 Å². The van der Waals surface area contributed by atoms with Crippen LogP contribution in [0.25, 0.3) is 0 Å². The second kappa shape index (κ2) is 9.18. The summed E-state index contributed by atoms with van der Waals surface area (Å²) in [7, 11) is 1.85. The highest BCUT2D eigenvalue weighted by molar-refractivity contribution is 5.42. The highest BCUT2D eigenvalue weighted by atomic mass is 15.2. The van der Waals surface area contributed by atoms with Gasteiger partial charge in [-0.3, -0.25) is 4.90 Å². The summed E-state index contributed by atoms with van der Waals surface area (Å²) in [6.07, 6.45) is 3.55. The Balaban J connectivity index is 1.57. The minimum absolute atomic E-state index is 0.429. The highest BCUT2D eigenvalue weighted by Gasteiger charge is 2.20. The van der Waals surface area contributed by atoms with E-state index in [0.29, 0.717) is 17.9 Å². The average molecular weight is 368 g/mol. The molecule has 0 spiro atoms. The van der Waals surface area contributed by atoms with Crippen molar-refractivity contribution in [2.45, 2.75) is 52.6 Å². The first kappa shape index (κ1) is 19.6. The van der Waals surface area contributed by atoms with Gasteiger partial charge in [-0.15, -0.1) is 0 Å². The molecule has 0 bridgehead atoms. The number of hydrogen-bond donors (Lipinski definition) is 2. The van der Waals surface area contributed by atoms with Crippen LogP contribution >= 0.6 is 0 Å². The summed E-state index contributed by atoms with van der Waals surface area (Å²) >= 11 is 0. The molecule has 1 fully saturated rings. The molecule has 0 saturated carbocycles. The van der Waals surface area contributed by atoms with E-state index in [2.05, 4.69) is 63.6 Å². The summed E-state index contributed by atoms with van der Waals surface area (Å²) in [5.74, 6) is 2.29. The van der Waals surface area contributed by atoms with Gasteiger partial charge in [-0.25, -0.2) is 4.98 Å². The number of nitrogens with zero attached hydrogens (tertiary/aromatic N) is 3. The number of piperidine rings is 1. The van der Waals surface area contributed by atoms with E-state index >= 15 is 0 Å². The molecule has 1 saturated heterocycles. The summed E-state index contributed by atoms with van der Waals surface area (Å²) in [5, 5.41) is 6.64. The Labute approximate surface area is 163 Å². The molecule has 27 heavy (non-hydrogen) atoms. The molecule has 1 aromatic carbocycles. The van der Waals surface area contributed by atoms with Crippen LogP contribution in [0.15, 0.2) is 30.3 Å². The van der Waals surface area contributed by atoms with Crippen molar-refractivity contribution in [3.63, 3.8) is 0 Å². The predicted octanol–water partition coefficient (Wildman–Crippen LogP) is 4.10. The van der Waals surface area contributed by atoms with Crippen molar-refractivity contribution in [3.05, 3.63) is 47.2 Å². The quantitative estimate of drug-likeness (QED) is 0.771. The molecule has 1 aliphatic heterocycles. The molecule has 146 valence electrons. The Morgan fingerprint density at radius 1 is 1.15 bits per heavy atom. The lowest BCUT2D eigenvalue weighted by Crippen LogP contribution is -2.41. The number of likely N-dealkylation sites (tertiary alicyclic amines) is 1. The molecule has 5 heteroatoms.